The smallest absolute Gasteiger partial charge is 0.108 e. The normalized spacial score (nSPS) is 19.5. The molecule has 0 fully saturated rings. The fourth-order valence-electron chi connectivity index (χ4n) is 4.65. The third-order valence-electron chi connectivity index (χ3n) is 6.35. The van der Waals surface area contributed by atoms with E-state index in [4.69, 9.17) is 4.99 Å². The number of benzene rings is 4. The molecule has 176 valence electrons. The van der Waals surface area contributed by atoms with Crippen LogP contribution in [0.5, 0.6) is 0 Å². The Hall–Kier alpha value is -2.63. The number of hydrogen-bond acceptors (Lipinski definition) is 2. The lowest BCUT2D eigenvalue weighted by Crippen LogP contribution is -2.28. The van der Waals surface area contributed by atoms with Crippen LogP contribution in [0.3, 0.4) is 0 Å². The minimum Gasteiger partial charge on any atom is -0.282 e. The van der Waals surface area contributed by atoms with Gasteiger partial charge in [-0.1, -0.05) is 135 Å². The first-order chi connectivity index (χ1) is 17.4. The summed E-state index contributed by atoms with van der Waals surface area (Å²) in [6.45, 7) is 3.38. The lowest BCUT2D eigenvalue weighted by Gasteiger charge is -2.41. The van der Waals surface area contributed by atoms with Crippen LogP contribution in [-0.4, -0.2) is 17.2 Å². The van der Waals surface area contributed by atoms with Crippen LogP contribution in [0.15, 0.2) is 126 Å². The maximum absolute atomic E-state index is 5.22. The first-order valence-corrected chi connectivity index (χ1v) is 15.2. The van der Waals surface area contributed by atoms with Crippen LogP contribution in [0.4, 0.5) is 0 Å². The molecule has 0 spiro atoms. The number of nitrogens with zero attached hydrogens (tertiary/aromatic N) is 2. The molecule has 1 aliphatic heterocycles. The molecule has 0 radical (unpaired) electrons. The molecular formula is C31H32N2P2. The van der Waals surface area contributed by atoms with Gasteiger partial charge in [0.2, 0.25) is 0 Å². The molecule has 1 aliphatic rings. The van der Waals surface area contributed by atoms with Crippen molar-refractivity contribution in [2.45, 2.75) is 31.2 Å². The van der Waals surface area contributed by atoms with Gasteiger partial charge in [-0.25, -0.2) is 4.44 Å². The third-order valence-corrected chi connectivity index (χ3v) is 12.4. The second-order valence-corrected chi connectivity index (χ2v) is 13.5. The van der Waals surface area contributed by atoms with E-state index in [0.717, 1.165) is 6.54 Å². The maximum Gasteiger partial charge on any atom is 0.108 e. The highest BCUT2D eigenvalue weighted by molar-refractivity contribution is 7.79. The SMILES string of the molecule is CCCCN(P(c1ccccc1)c1ccccc1)P1[C@H](c2ccccc2)C=N[C@H]1c1ccccc1. The summed E-state index contributed by atoms with van der Waals surface area (Å²) >= 11 is 0. The Morgan fingerprint density at radius 1 is 0.686 bits per heavy atom. The van der Waals surface area contributed by atoms with Gasteiger partial charge in [-0.15, -0.1) is 0 Å². The van der Waals surface area contributed by atoms with Crippen molar-refractivity contribution < 1.29 is 0 Å². The molecule has 5 rings (SSSR count). The zero-order valence-corrected chi connectivity index (χ0v) is 22.0. The lowest BCUT2D eigenvalue weighted by molar-refractivity contribution is 0.632. The van der Waals surface area contributed by atoms with E-state index >= 15 is 0 Å². The standard InChI is InChI=1S/C31H32N2P2/c1-2-3-24-33(34(28-20-12-6-13-21-28)29-22-14-7-15-23-29)35-30(26-16-8-4-9-17-26)25-32-31(35)27-18-10-5-11-19-27/h4-23,25,30-31H,2-3,24H2,1H3/t30-,31+,35?/m0/s1. The maximum atomic E-state index is 5.22. The summed E-state index contributed by atoms with van der Waals surface area (Å²) in [5.41, 5.74) is 3.01. The molecule has 0 N–H and O–H groups in total. The molecule has 0 bridgehead atoms. The van der Waals surface area contributed by atoms with E-state index in [1.54, 1.807) is 0 Å². The highest BCUT2D eigenvalue weighted by Gasteiger charge is 2.42. The van der Waals surface area contributed by atoms with Gasteiger partial charge in [-0.3, -0.25) is 4.99 Å². The summed E-state index contributed by atoms with van der Waals surface area (Å²) in [6.07, 6.45) is 4.61. The van der Waals surface area contributed by atoms with E-state index in [2.05, 4.69) is 139 Å². The van der Waals surface area contributed by atoms with Crippen molar-refractivity contribution in [2.24, 2.45) is 4.99 Å². The van der Waals surface area contributed by atoms with E-state index in [9.17, 15) is 0 Å². The predicted octanol–water partition coefficient (Wildman–Crippen LogP) is 8.06. The fraction of sp³-hybridized carbons (Fsp3) is 0.194. The molecule has 3 atom stereocenters. The lowest BCUT2D eigenvalue weighted by atomic mass is 10.2. The van der Waals surface area contributed by atoms with Crippen molar-refractivity contribution in [3.05, 3.63) is 132 Å². The average Bonchev–Trinajstić information content (AvgIpc) is 3.38. The number of unbranched alkanes of at least 4 members (excludes halogenated alkanes) is 1. The van der Waals surface area contributed by atoms with Gasteiger partial charge in [0.15, 0.2) is 0 Å². The van der Waals surface area contributed by atoms with Gasteiger partial charge in [0.1, 0.15) is 5.78 Å². The number of aliphatic imine (C=N–C) groups is 1. The van der Waals surface area contributed by atoms with Crippen LogP contribution in [0, 0.1) is 0 Å². The van der Waals surface area contributed by atoms with Crippen LogP contribution in [0.1, 0.15) is 42.3 Å². The summed E-state index contributed by atoms with van der Waals surface area (Å²) in [4.78, 5) is 5.22. The Balaban J connectivity index is 1.66. The molecule has 4 aromatic carbocycles. The number of hydrogen-bond donors (Lipinski definition) is 0. The van der Waals surface area contributed by atoms with Crippen LogP contribution in [0.25, 0.3) is 0 Å². The van der Waals surface area contributed by atoms with Crippen LogP contribution < -0.4 is 10.6 Å². The van der Waals surface area contributed by atoms with Crippen molar-refractivity contribution in [2.75, 3.05) is 6.54 Å². The van der Waals surface area contributed by atoms with Crippen LogP contribution in [0.2, 0.25) is 0 Å². The molecule has 2 nitrogen and oxygen atoms in total. The van der Waals surface area contributed by atoms with Gasteiger partial charge in [0, 0.05) is 28.9 Å². The molecule has 35 heavy (non-hydrogen) atoms. The summed E-state index contributed by atoms with van der Waals surface area (Å²) in [5, 5.41) is 2.83. The summed E-state index contributed by atoms with van der Waals surface area (Å²) in [5.74, 6) is 0.172. The summed E-state index contributed by atoms with van der Waals surface area (Å²) in [7, 11) is -1.34. The highest BCUT2D eigenvalue weighted by Crippen LogP contribution is 2.72. The zero-order chi connectivity index (χ0) is 23.9. The Labute approximate surface area is 212 Å². The molecule has 0 amide bonds. The van der Waals surface area contributed by atoms with Crippen molar-refractivity contribution in [1.29, 1.82) is 0 Å². The van der Waals surface area contributed by atoms with Gasteiger partial charge >= 0.3 is 0 Å². The molecular weight excluding hydrogens is 462 g/mol. The summed E-state index contributed by atoms with van der Waals surface area (Å²) < 4.78 is 2.88. The second kappa shape index (κ2) is 11.9. The third kappa shape index (κ3) is 5.46. The Kier molecular flexibility index (Phi) is 8.17. The van der Waals surface area contributed by atoms with Crippen LogP contribution in [-0.2, 0) is 0 Å². The van der Waals surface area contributed by atoms with Crippen molar-refractivity contribution in [1.82, 2.24) is 4.44 Å². The molecule has 1 unspecified atom stereocenters. The van der Waals surface area contributed by atoms with E-state index in [0.29, 0.717) is 5.66 Å². The highest BCUT2D eigenvalue weighted by atomic mass is 31.2. The predicted molar refractivity (Wildman–Crippen MR) is 154 cm³/mol. The molecule has 0 aromatic heterocycles. The van der Waals surface area contributed by atoms with E-state index in [1.165, 1.54) is 34.6 Å². The average molecular weight is 495 g/mol. The topological polar surface area (TPSA) is 15.6 Å². The fourth-order valence-corrected chi connectivity index (χ4v) is 11.4. The van der Waals surface area contributed by atoms with Gasteiger partial charge in [-0.05, 0) is 28.2 Å². The van der Waals surface area contributed by atoms with Crippen LogP contribution >= 0.6 is 16.1 Å². The first-order valence-electron chi connectivity index (χ1n) is 12.5. The van der Waals surface area contributed by atoms with E-state index in [-0.39, 0.29) is 5.78 Å². The number of rotatable bonds is 9. The van der Waals surface area contributed by atoms with Crippen molar-refractivity contribution in [3.8, 4) is 0 Å². The monoisotopic (exact) mass is 494 g/mol. The second-order valence-electron chi connectivity index (χ2n) is 8.75. The van der Waals surface area contributed by atoms with Gasteiger partial charge < -0.3 is 0 Å². The van der Waals surface area contributed by atoms with Crippen molar-refractivity contribution in [3.63, 3.8) is 0 Å². The first kappa shape index (κ1) is 24.1. The minimum atomic E-state index is -0.689. The Bertz CT molecular complexity index is 1110. The summed E-state index contributed by atoms with van der Waals surface area (Å²) in [6, 6.07) is 44.2. The van der Waals surface area contributed by atoms with E-state index in [1.807, 2.05) is 0 Å². The van der Waals surface area contributed by atoms with Gasteiger partial charge in [0.25, 0.3) is 0 Å². The molecule has 4 aromatic rings. The van der Waals surface area contributed by atoms with Crippen molar-refractivity contribution >= 4 is 33.0 Å². The minimum absolute atomic E-state index is 0.172. The molecule has 0 aliphatic carbocycles. The molecule has 1 heterocycles. The molecule has 0 saturated carbocycles. The zero-order valence-electron chi connectivity index (χ0n) is 20.2. The quantitative estimate of drug-likeness (QED) is 0.215. The van der Waals surface area contributed by atoms with Gasteiger partial charge in [0.05, 0.1) is 5.66 Å². The van der Waals surface area contributed by atoms with E-state index < -0.39 is 16.1 Å². The molecule has 4 heteroatoms. The largest absolute Gasteiger partial charge is 0.282 e. The van der Waals surface area contributed by atoms with Gasteiger partial charge in [-0.2, -0.15) is 0 Å². The Morgan fingerprint density at radius 3 is 1.69 bits per heavy atom. The Morgan fingerprint density at radius 2 is 1.17 bits per heavy atom. The molecule has 0 saturated heterocycles.